The zero-order valence-electron chi connectivity index (χ0n) is 9.02. The van der Waals surface area contributed by atoms with Crippen LogP contribution in [0.15, 0.2) is 23.1 Å². The van der Waals surface area contributed by atoms with E-state index in [9.17, 15) is 13.2 Å². The standard InChI is InChI=1S/C10H14INO3S/c1-2-16(14,15)7-3-6-12-8-9(11)4-5-10(12)13/h4-5,8H,2-3,6-7H2,1H3. The van der Waals surface area contributed by atoms with Gasteiger partial charge in [0.15, 0.2) is 0 Å². The first-order valence-electron chi connectivity index (χ1n) is 5.01. The number of halogens is 1. The van der Waals surface area contributed by atoms with Gasteiger partial charge in [-0.15, -0.1) is 0 Å². The molecule has 0 N–H and O–H groups in total. The third-order valence-corrected chi connectivity index (χ3v) is 4.67. The summed E-state index contributed by atoms with van der Waals surface area (Å²) in [6.45, 7) is 2.09. The van der Waals surface area contributed by atoms with E-state index in [4.69, 9.17) is 0 Å². The van der Waals surface area contributed by atoms with E-state index >= 15 is 0 Å². The number of hydrogen-bond acceptors (Lipinski definition) is 3. The van der Waals surface area contributed by atoms with Gasteiger partial charge in [-0.25, -0.2) is 8.42 Å². The third-order valence-electron chi connectivity index (χ3n) is 2.24. The first kappa shape index (κ1) is 13.7. The molecule has 0 spiro atoms. The Bertz CT molecular complexity index is 507. The van der Waals surface area contributed by atoms with Crippen molar-refractivity contribution < 1.29 is 8.42 Å². The summed E-state index contributed by atoms with van der Waals surface area (Å²) in [5.74, 6) is 0.301. The first-order valence-corrected chi connectivity index (χ1v) is 7.91. The van der Waals surface area contributed by atoms with Gasteiger partial charge in [0, 0.05) is 28.1 Å². The molecule has 0 aliphatic heterocycles. The van der Waals surface area contributed by atoms with Crippen LogP contribution in [-0.4, -0.2) is 24.5 Å². The highest BCUT2D eigenvalue weighted by atomic mass is 127. The molecular formula is C10H14INO3S. The molecule has 0 radical (unpaired) electrons. The Balaban J connectivity index is 2.62. The minimum Gasteiger partial charge on any atom is -0.314 e. The summed E-state index contributed by atoms with van der Waals surface area (Å²) in [7, 11) is -2.93. The molecule has 1 rings (SSSR count). The maximum atomic E-state index is 11.4. The summed E-state index contributed by atoms with van der Waals surface area (Å²) in [5.41, 5.74) is -0.0886. The maximum Gasteiger partial charge on any atom is 0.250 e. The summed E-state index contributed by atoms with van der Waals surface area (Å²) in [6.07, 6.45) is 2.22. The Hall–Kier alpha value is -0.370. The minimum absolute atomic E-state index is 0.0886. The SMILES string of the molecule is CCS(=O)(=O)CCCn1cc(I)ccc1=O. The predicted molar refractivity (Wildman–Crippen MR) is 72.4 cm³/mol. The Kier molecular flexibility index (Phi) is 4.97. The Morgan fingerprint density at radius 1 is 1.38 bits per heavy atom. The number of sulfone groups is 1. The molecule has 0 amide bonds. The molecule has 4 nitrogen and oxygen atoms in total. The number of hydrogen-bond donors (Lipinski definition) is 0. The molecule has 0 unspecified atom stereocenters. The van der Waals surface area contributed by atoms with Crippen LogP contribution in [0.3, 0.4) is 0 Å². The quantitative estimate of drug-likeness (QED) is 0.748. The van der Waals surface area contributed by atoms with E-state index in [-0.39, 0.29) is 17.1 Å². The molecule has 0 aromatic carbocycles. The van der Waals surface area contributed by atoms with E-state index in [1.165, 1.54) is 6.07 Å². The van der Waals surface area contributed by atoms with Crippen molar-refractivity contribution in [2.45, 2.75) is 19.9 Å². The van der Waals surface area contributed by atoms with Gasteiger partial charge in [0.05, 0.1) is 5.75 Å². The lowest BCUT2D eigenvalue weighted by atomic mass is 10.4. The summed E-state index contributed by atoms with van der Waals surface area (Å²) in [6, 6.07) is 3.23. The fraction of sp³-hybridized carbons (Fsp3) is 0.500. The molecule has 0 bridgehead atoms. The molecule has 0 atom stereocenters. The fourth-order valence-corrected chi connectivity index (χ4v) is 2.65. The topological polar surface area (TPSA) is 56.1 Å². The molecule has 0 fully saturated rings. The lowest BCUT2D eigenvalue weighted by Crippen LogP contribution is -2.20. The normalized spacial score (nSPS) is 11.6. The van der Waals surface area contributed by atoms with Gasteiger partial charge in [0.2, 0.25) is 0 Å². The average Bonchev–Trinajstić information content (AvgIpc) is 2.23. The molecule has 0 saturated carbocycles. The predicted octanol–water partition coefficient (Wildman–Crippen LogP) is 1.28. The molecule has 16 heavy (non-hydrogen) atoms. The lowest BCUT2D eigenvalue weighted by Gasteiger charge is -2.05. The van der Waals surface area contributed by atoms with E-state index in [2.05, 4.69) is 22.6 Å². The molecule has 0 saturated heterocycles. The molecule has 90 valence electrons. The van der Waals surface area contributed by atoms with E-state index in [1.54, 1.807) is 23.8 Å². The van der Waals surface area contributed by atoms with Crippen LogP contribution in [0.4, 0.5) is 0 Å². The number of nitrogens with zero attached hydrogens (tertiary/aromatic N) is 1. The Morgan fingerprint density at radius 2 is 2.06 bits per heavy atom. The summed E-state index contributed by atoms with van der Waals surface area (Å²) in [4.78, 5) is 11.4. The minimum atomic E-state index is -2.93. The van der Waals surface area contributed by atoms with Gasteiger partial charge in [-0.05, 0) is 35.1 Å². The van der Waals surface area contributed by atoms with Crippen molar-refractivity contribution in [2.24, 2.45) is 0 Å². The Morgan fingerprint density at radius 3 is 2.69 bits per heavy atom. The Labute approximate surface area is 109 Å². The van der Waals surface area contributed by atoms with Crippen LogP contribution in [0.2, 0.25) is 0 Å². The number of pyridine rings is 1. The van der Waals surface area contributed by atoms with Gasteiger partial charge in [0.25, 0.3) is 5.56 Å². The fourth-order valence-electron chi connectivity index (χ4n) is 1.28. The van der Waals surface area contributed by atoms with Gasteiger partial charge in [-0.1, -0.05) is 6.92 Å². The van der Waals surface area contributed by atoms with E-state index in [1.807, 2.05) is 0 Å². The van der Waals surface area contributed by atoms with Crippen molar-refractivity contribution >= 4 is 32.4 Å². The smallest absolute Gasteiger partial charge is 0.250 e. The number of aryl methyl sites for hydroxylation is 1. The average molecular weight is 355 g/mol. The van der Waals surface area contributed by atoms with Crippen LogP contribution in [-0.2, 0) is 16.4 Å². The highest BCUT2D eigenvalue weighted by Gasteiger charge is 2.07. The summed E-state index contributed by atoms with van der Waals surface area (Å²) >= 11 is 2.12. The van der Waals surface area contributed by atoms with Gasteiger partial charge >= 0.3 is 0 Å². The van der Waals surface area contributed by atoms with Crippen molar-refractivity contribution in [3.63, 3.8) is 0 Å². The maximum absolute atomic E-state index is 11.4. The molecule has 0 aliphatic carbocycles. The molecule has 1 heterocycles. The zero-order valence-corrected chi connectivity index (χ0v) is 12.0. The van der Waals surface area contributed by atoms with Gasteiger partial charge < -0.3 is 4.57 Å². The highest BCUT2D eigenvalue weighted by molar-refractivity contribution is 14.1. The van der Waals surface area contributed by atoms with Crippen molar-refractivity contribution in [2.75, 3.05) is 11.5 Å². The second-order valence-electron chi connectivity index (χ2n) is 3.47. The second kappa shape index (κ2) is 5.81. The second-order valence-corrected chi connectivity index (χ2v) is 7.19. The van der Waals surface area contributed by atoms with E-state index in [0.29, 0.717) is 13.0 Å². The van der Waals surface area contributed by atoms with Crippen LogP contribution < -0.4 is 5.56 Å². The van der Waals surface area contributed by atoms with Crippen LogP contribution in [0.1, 0.15) is 13.3 Å². The molecule has 0 aliphatic rings. The number of rotatable bonds is 5. The van der Waals surface area contributed by atoms with E-state index < -0.39 is 9.84 Å². The van der Waals surface area contributed by atoms with Crippen molar-refractivity contribution in [3.05, 3.63) is 32.3 Å². The number of aromatic nitrogens is 1. The van der Waals surface area contributed by atoms with Crippen LogP contribution in [0.5, 0.6) is 0 Å². The highest BCUT2D eigenvalue weighted by Crippen LogP contribution is 2.01. The van der Waals surface area contributed by atoms with Crippen LogP contribution in [0, 0.1) is 3.57 Å². The van der Waals surface area contributed by atoms with E-state index in [0.717, 1.165) is 3.57 Å². The summed E-state index contributed by atoms with van der Waals surface area (Å²) < 4.78 is 25.0. The van der Waals surface area contributed by atoms with Gasteiger partial charge in [-0.3, -0.25) is 4.79 Å². The van der Waals surface area contributed by atoms with Crippen molar-refractivity contribution in [1.82, 2.24) is 4.57 Å². The monoisotopic (exact) mass is 355 g/mol. The summed E-state index contributed by atoms with van der Waals surface area (Å²) in [5, 5.41) is 0. The molecule has 6 heteroatoms. The van der Waals surface area contributed by atoms with Crippen molar-refractivity contribution in [3.8, 4) is 0 Å². The first-order chi connectivity index (χ1) is 7.44. The van der Waals surface area contributed by atoms with Gasteiger partial charge in [-0.2, -0.15) is 0 Å². The lowest BCUT2D eigenvalue weighted by molar-refractivity contribution is 0.585. The van der Waals surface area contributed by atoms with Gasteiger partial charge in [0.1, 0.15) is 9.84 Å². The van der Waals surface area contributed by atoms with Crippen LogP contribution >= 0.6 is 22.6 Å². The van der Waals surface area contributed by atoms with Crippen LogP contribution in [0.25, 0.3) is 0 Å². The molecular weight excluding hydrogens is 341 g/mol. The van der Waals surface area contributed by atoms with Crippen molar-refractivity contribution in [1.29, 1.82) is 0 Å². The third kappa shape index (κ3) is 4.25. The largest absolute Gasteiger partial charge is 0.314 e. The zero-order chi connectivity index (χ0) is 12.2. The molecule has 1 aromatic rings. The molecule has 1 aromatic heterocycles.